The van der Waals surface area contributed by atoms with Crippen LogP contribution in [0.4, 0.5) is 5.69 Å². The molecule has 0 atom stereocenters. The van der Waals surface area contributed by atoms with Crippen LogP contribution in [0.1, 0.15) is 19.3 Å². The second-order valence-electron chi connectivity index (χ2n) is 7.92. The molecular formula is C23H29N3O5S. The number of amides is 1. The number of benzene rings is 2. The average molecular weight is 460 g/mol. The van der Waals surface area contributed by atoms with Crippen molar-refractivity contribution in [3.05, 3.63) is 48.5 Å². The molecule has 8 nitrogen and oxygen atoms in total. The van der Waals surface area contributed by atoms with E-state index in [0.717, 1.165) is 18.7 Å². The van der Waals surface area contributed by atoms with Crippen molar-refractivity contribution in [2.45, 2.75) is 24.2 Å². The van der Waals surface area contributed by atoms with Gasteiger partial charge in [-0.3, -0.25) is 4.79 Å². The number of carbonyl (C=O) groups excluding carboxylic acids is 1. The number of hydrogen-bond acceptors (Lipinski definition) is 6. The van der Waals surface area contributed by atoms with Gasteiger partial charge >= 0.3 is 0 Å². The average Bonchev–Trinajstić information content (AvgIpc) is 2.84. The monoisotopic (exact) mass is 459 g/mol. The quantitative estimate of drug-likeness (QED) is 0.589. The zero-order chi connectivity index (χ0) is 22.4. The number of para-hydroxylation sites is 1. The van der Waals surface area contributed by atoms with E-state index in [1.165, 1.54) is 10.4 Å². The lowest BCUT2D eigenvalue weighted by Gasteiger charge is -2.31. The molecule has 1 fully saturated rings. The fourth-order valence-electron chi connectivity index (χ4n) is 3.92. The summed E-state index contributed by atoms with van der Waals surface area (Å²) in [5.41, 5.74) is 1.06. The number of hydrogen-bond donors (Lipinski definition) is 2. The van der Waals surface area contributed by atoms with Gasteiger partial charge in [0.25, 0.3) is 0 Å². The van der Waals surface area contributed by atoms with E-state index in [2.05, 4.69) is 10.6 Å². The minimum absolute atomic E-state index is 0.00101. The van der Waals surface area contributed by atoms with Crippen molar-refractivity contribution in [1.29, 1.82) is 0 Å². The Balaban J connectivity index is 1.22. The minimum Gasteiger partial charge on any atom is -0.486 e. The van der Waals surface area contributed by atoms with Crippen molar-refractivity contribution in [3.8, 4) is 11.5 Å². The standard InChI is InChI=1S/C23H29N3O5S/c27-23(25-12-4-11-24-19-5-2-1-3-6-19)18-9-13-26(14-10-18)32(28,29)20-7-8-21-22(17-20)31-16-15-30-21/h1-3,5-8,17-18,24H,4,9-16H2,(H,25,27). The van der Waals surface area contributed by atoms with Crippen LogP contribution >= 0.6 is 0 Å². The summed E-state index contributed by atoms with van der Waals surface area (Å²) in [6.45, 7) is 2.87. The Bertz CT molecular complexity index is 1020. The second-order valence-corrected chi connectivity index (χ2v) is 9.86. The lowest BCUT2D eigenvalue weighted by molar-refractivity contribution is -0.126. The number of anilines is 1. The highest BCUT2D eigenvalue weighted by molar-refractivity contribution is 7.89. The number of sulfonamides is 1. The third-order valence-corrected chi connectivity index (χ3v) is 7.63. The second kappa shape index (κ2) is 10.2. The first kappa shape index (κ1) is 22.4. The summed E-state index contributed by atoms with van der Waals surface area (Å²) in [6, 6.07) is 14.6. The summed E-state index contributed by atoms with van der Waals surface area (Å²) >= 11 is 0. The molecule has 1 amide bonds. The summed E-state index contributed by atoms with van der Waals surface area (Å²) in [5.74, 6) is 0.850. The Labute approximate surface area is 189 Å². The van der Waals surface area contributed by atoms with Crippen molar-refractivity contribution in [1.82, 2.24) is 9.62 Å². The fourth-order valence-corrected chi connectivity index (χ4v) is 5.41. The lowest BCUT2D eigenvalue weighted by Crippen LogP contribution is -2.43. The molecule has 9 heteroatoms. The third-order valence-electron chi connectivity index (χ3n) is 5.73. The van der Waals surface area contributed by atoms with E-state index in [1.54, 1.807) is 12.1 Å². The molecule has 2 aliphatic rings. The largest absolute Gasteiger partial charge is 0.486 e. The number of nitrogens with zero attached hydrogens (tertiary/aromatic N) is 1. The zero-order valence-electron chi connectivity index (χ0n) is 18.0. The number of rotatable bonds is 8. The van der Waals surface area contributed by atoms with E-state index >= 15 is 0 Å². The fraction of sp³-hybridized carbons (Fsp3) is 0.435. The zero-order valence-corrected chi connectivity index (χ0v) is 18.8. The van der Waals surface area contributed by atoms with E-state index < -0.39 is 10.0 Å². The van der Waals surface area contributed by atoms with E-state index in [0.29, 0.717) is 57.2 Å². The first-order valence-electron chi connectivity index (χ1n) is 11.0. The summed E-state index contributed by atoms with van der Waals surface area (Å²) < 4.78 is 38.5. The van der Waals surface area contributed by atoms with Gasteiger partial charge in [-0.15, -0.1) is 0 Å². The Hall–Kier alpha value is -2.78. The van der Waals surface area contributed by atoms with Crippen molar-refractivity contribution in [2.75, 3.05) is 44.7 Å². The van der Waals surface area contributed by atoms with Gasteiger partial charge in [0, 0.05) is 43.9 Å². The molecule has 0 saturated carbocycles. The molecular weight excluding hydrogens is 430 g/mol. The van der Waals surface area contributed by atoms with Gasteiger partial charge in [0.15, 0.2) is 11.5 Å². The Kier molecular flexibility index (Phi) is 7.16. The van der Waals surface area contributed by atoms with Crippen LogP contribution in [0.5, 0.6) is 11.5 Å². The highest BCUT2D eigenvalue weighted by atomic mass is 32.2. The third kappa shape index (κ3) is 5.34. The number of fused-ring (bicyclic) bond motifs is 1. The molecule has 172 valence electrons. The van der Waals surface area contributed by atoms with Crippen LogP contribution < -0.4 is 20.1 Å². The Morgan fingerprint density at radius 1 is 0.969 bits per heavy atom. The Morgan fingerprint density at radius 3 is 2.44 bits per heavy atom. The molecule has 2 aromatic carbocycles. The van der Waals surface area contributed by atoms with Crippen LogP contribution in [0.3, 0.4) is 0 Å². The molecule has 4 rings (SSSR count). The number of piperidine rings is 1. The van der Waals surface area contributed by atoms with Gasteiger partial charge in [0.05, 0.1) is 4.90 Å². The molecule has 2 aliphatic heterocycles. The number of ether oxygens (including phenoxy) is 2. The van der Waals surface area contributed by atoms with E-state index in [4.69, 9.17) is 9.47 Å². The SMILES string of the molecule is O=C(NCCCNc1ccccc1)C1CCN(S(=O)(=O)c2ccc3c(c2)OCCO3)CC1. The first-order valence-corrected chi connectivity index (χ1v) is 12.4. The van der Waals surface area contributed by atoms with Gasteiger partial charge in [-0.25, -0.2) is 8.42 Å². The van der Waals surface area contributed by atoms with Crippen LogP contribution in [0, 0.1) is 5.92 Å². The molecule has 0 radical (unpaired) electrons. The molecule has 0 unspecified atom stereocenters. The summed E-state index contributed by atoms with van der Waals surface area (Å²) in [5, 5.41) is 6.29. The maximum absolute atomic E-state index is 13.0. The smallest absolute Gasteiger partial charge is 0.243 e. The van der Waals surface area contributed by atoms with Crippen LogP contribution in [-0.2, 0) is 14.8 Å². The highest BCUT2D eigenvalue weighted by Gasteiger charge is 2.32. The summed E-state index contributed by atoms with van der Waals surface area (Å²) in [7, 11) is -3.64. The normalized spacial score (nSPS) is 17.0. The van der Waals surface area contributed by atoms with Gasteiger partial charge in [-0.05, 0) is 43.5 Å². The van der Waals surface area contributed by atoms with Gasteiger partial charge in [-0.1, -0.05) is 18.2 Å². The molecule has 32 heavy (non-hydrogen) atoms. The molecule has 1 saturated heterocycles. The van der Waals surface area contributed by atoms with Gasteiger partial charge in [0.2, 0.25) is 15.9 Å². The van der Waals surface area contributed by atoms with Gasteiger partial charge in [-0.2, -0.15) is 4.31 Å². The molecule has 0 spiro atoms. The minimum atomic E-state index is -3.64. The maximum atomic E-state index is 13.0. The van der Waals surface area contributed by atoms with Crippen molar-refractivity contribution >= 4 is 21.6 Å². The van der Waals surface area contributed by atoms with E-state index in [9.17, 15) is 13.2 Å². The van der Waals surface area contributed by atoms with Crippen LogP contribution in [0.15, 0.2) is 53.4 Å². The predicted octanol–water partition coefficient (Wildman–Crippen LogP) is 2.48. The van der Waals surface area contributed by atoms with Crippen molar-refractivity contribution in [2.24, 2.45) is 5.92 Å². The number of carbonyl (C=O) groups is 1. The summed E-state index contributed by atoms with van der Waals surface area (Å²) in [4.78, 5) is 12.7. The van der Waals surface area contributed by atoms with E-state index in [1.807, 2.05) is 30.3 Å². The van der Waals surface area contributed by atoms with Gasteiger partial charge in [0.1, 0.15) is 13.2 Å². The molecule has 2 aromatic rings. The molecule has 2 N–H and O–H groups in total. The molecule has 0 aromatic heterocycles. The number of nitrogens with one attached hydrogen (secondary N) is 2. The van der Waals surface area contributed by atoms with Crippen LogP contribution in [0.2, 0.25) is 0 Å². The van der Waals surface area contributed by atoms with E-state index in [-0.39, 0.29) is 16.7 Å². The molecule has 0 aliphatic carbocycles. The Morgan fingerprint density at radius 2 is 1.69 bits per heavy atom. The van der Waals surface area contributed by atoms with Crippen molar-refractivity contribution < 1.29 is 22.7 Å². The van der Waals surface area contributed by atoms with Gasteiger partial charge < -0.3 is 20.1 Å². The molecule has 0 bridgehead atoms. The van der Waals surface area contributed by atoms with Crippen LogP contribution in [-0.4, -0.2) is 58.0 Å². The predicted molar refractivity (Wildman–Crippen MR) is 121 cm³/mol. The van der Waals surface area contributed by atoms with Crippen LogP contribution in [0.25, 0.3) is 0 Å². The molecule has 2 heterocycles. The summed E-state index contributed by atoms with van der Waals surface area (Å²) in [6.07, 6.45) is 1.84. The topological polar surface area (TPSA) is 97.0 Å². The first-order chi connectivity index (χ1) is 15.5. The highest BCUT2D eigenvalue weighted by Crippen LogP contribution is 2.34. The maximum Gasteiger partial charge on any atom is 0.243 e. The van der Waals surface area contributed by atoms with Crippen molar-refractivity contribution in [3.63, 3.8) is 0 Å². The lowest BCUT2D eigenvalue weighted by atomic mass is 9.97.